The number of aromatic nitrogens is 1. The quantitative estimate of drug-likeness (QED) is 0.606. The number of esters is 2. The zero-order valence-electron chi connectivity index (χ0n) is 17.5. The molecule has 0 atom stereocenters. The van der Waals surface area contributed by atoms with E-state index in [1.807, 2.05) is 31.2 Å². The van der Waals surface area contributed by atoms with Crippen LogP contribution in [0.1, 0.15) is 48.8 Å². The largest absolute Gasteiger partial charge is 0.465 e. The summed E-state index contributed by atoms with van der Waals surface area (Å²) in [6, 6.07) is 7.44. The summed E-state index contributed by atoms with van der Waals surface area (Å²) in [5, 5.41) is 3.79. The first kappa shape index (κ1) is 21.0. The highest BCUT2D eigenvalue weighted by atomic mass is 32.1. The van der Waals surface area contributed by atoms with E-state index in [2.05, 4.69) is 10.3 Å². The van der Waals surface area contributed by atoms with Crippen LogP contribution in [0.25, 0.3) is 10.9 Å². The average Bonchev–Trinajstić information content (AvgIpc) is 3.33. The predicted molar refractivity (Wildman–Crippen MR) is 118 cm³/mol. The Bertz CT molecular complexity index is 1210. The van der Waals surface area contributed by atoms with Gasteiger partial charge in [-0.15, -0.1) is 11.3 Å². The molecule has 8 heteroatoms. The van der Waals surface area contributed by atoms with Crippen molar-refractivity contribution in [1.29, 1.82) is 0 Å². The SMILES string of the molecule is COC(=O)c1c(NC(=O)COC(=O)c2c3c(nc4ccccc24)CCC3)sc(C)c1C. The Balaban J connectivity index is 1.53. The Morgan fingerprint density at radius 3 is 2.65 bits per heavy atom. The number of carbonyl (C=O) groups is 3. The highest BCUT2D eigenvalue weighted by Gasteiger charge is 2.26. The van der Waals surface area contributed by atoms with Crippen molar-refractivity contribution in [2.45, 2.75) is 33.1 Å². The van der Waals surface area contributed by atoms with Crippen LogP contribution >= 0.6 is 11.3 Å². The maximum absolute atomic E-state index is 13.0. The smallest absolute Gasteiger partial charge is 0.341 e. The van der Waals surface area contributed by atoms with Crippen molar-refractivity contribution in [3.8, 4) is 0 Å². The molecule has 2 heterocycles. The molecule has 1 aliphatic carbocycles. The highest BCUT2D eigenvalue weighted by Crippen LogP contribution is 2.33. The van der Waals surface area contributed by atoms with Gasteiger partial charge in [-0.1, -0.05) is 18.2 Å². The summed E-state index contributed by atoms with van der Waals surface area (Å²) < 4.78 is 10.2. The van der Waals surface area contributed by atoms with Crippen LogP contribution in [0.5, 0.6) is 0 Å². The molecule has 1 amide bonds. The molecule has 2 aromatic heterocycles. The van der Waals surface area contributed by atoms with Crippen molar-refractivity contribution in [3.05, 3.63) is 57.1 Å². The first-order chi connectivity index (χ1) is 14.9. The minimum atomic E-state index is -0.543. The van der Waals surface area contributed by atoms with E-state index in [0.717, 1.165) is 51.9 Å². The second-order valence-electron chi connectivity index (χ2n) is 7.39. The van der Waals surface area contributed by atoms with Gasteiger partial charge >= 0.3 is 11.9 Å². The standard InChI is InChI=1S/C23H22N2O5S/c1-12-13(2)31-21(19(12)22(27)29-3)25-18(26)11-30-23(28)20-14-7-4-5-9-16(14)24-17-10-6-8-15(17)20/h4-5,7,9H,6,8,10-11H2,1-3H3,(H,25,26). The first-order valence-corrected chi connectivity index (χ1v) is 10.8. The van der Waals surface area contributed by atoms with E-state index in [0.29, 0.717) is 16.1 Å². The summed E-state index contributed by atoms with van der Waals surface area (Å²) in [7, 11) is 1.29. The summed E-state index contributed by atoms with van der Waals surface area (Å²) >= 11 is 1.28. The van der Waals surface area contributed by atoms with Crippen LogP contribution in [-0.4, -0.2) is 36.5 Å². The summed E-state index contributed by atoms with van der Waals surface area (Å²) in [5.41, 5.74) is 4.13. The fraction of sp³-hybridized carbons (Fsp3) is 0.304. The number of methoxy groups -OCH3 is 1. The van der Waals surface area contributed by atoms with E-state index in [1.54, 1.807) is 6.92 Å². The van der Waals surface area contributed by atoms with Gasteiger partial charge in [0, 0.05) is 16.0 Å². The Kier molecular flexibility index (Phi) is 5.73. The number of nitrogens with one attached hydrogen (secondary N) is 1. The molecule has 0 saturated carbocycles. The fourth-order valence-electron chi connectivity index (χ4n) is 3.87. The topological polar surface area (TPSA) is 94.6 Å². The van der Waals surface area contributed by atoms with Crippen molar-refractivity contribution >= 4 is 45.1 Å². The average molecular weight is 439 g/mol. The lowest BCUT2D eigenvalue weighted by Crippen LogP contribution is -2.22. The lowest BCUT2D eigenvalue weighted by Gasteiger charge is -2.12. The molecule has 0 spiro atoms. The molecule has 1 aliphatic rings. The molecular formula is C23H22N2O5S. The Morgan fingerprint density at radius 2 is 1.87 bits per heavy atom. The number of pyridine rings is 1. The maximum Gasteiger partial charge on any atom is 0.341 e. The molecule has 0 fully saturated rings. The molecule has 0 aliphatic heterocycles. The van der Waals surface area contributed by atoms with Crippen LogP contribution in [0.2, 0.25) is 0 Å². The van der Waals surface area contributed by atoms with E-state index >= 15 is 0 Å². The van der Waals surface area contributed by atoms with Gasteiger partial charge < -0.3 is 14.8 Å². The van der Waals surface area contributed by atoms with Gasteiger partial charge in [0.05, 0.1) is 23.8 Å². The number of carbonyl (C=O) groups excluding carboxylic acids is 3. The van der Waals surface area contributed by atoms with Crippen LogP contribution < -0.4 is 5.32 Å². The zero-order valence-corrected chi connectivity index (χ0v) is 18.4. The van der Waals surface area contributed by atoms with Gasteiger partial charge in [0.1, 0.15) is 5.00 Å². The minimum Gasteiger partial charge on any atom is -0.465 e. The van der Waals surface area contributed by atoms with Crippen LogP contribution in [0, 0.1) is 13.8 Å². The molecule has 0 saturated heterocycles. The lowest BCUT2D eigenvalue weighted by molar-refractivity contribution is -0.119. The number of aryl methyl sites for hydroxylation is 2. The molecule has 0 radical (unpaired) electrons. The highest BCUT2D eigenvalue weighted by molar-refractivity contribution is 7.16. The summed E-state index contributed by atoms with van der Waals surface area (Å²) in [4.78, 5) is 43.1. The third-order valence-electron chi connectivity index (χ3n) is 5.49. The van der Waals surface area contributed by atoms with Crippen molar-refractivity contribution in [2.75, 3.05) is 19.0 Å². The molecule has 1 aromatic carbocycles. The summed E-state index contributed by atoms with van der Waals surface area (Å²) in [5.74, 6) is -1.58. The third kappa shape index (κ3) is 3.90. The zero-order chi connectivity index (χ0) is 22.1. The van der Waals surface area contributed by atoms with Crippen molar-refractivity contribution < 1.29 is 23.9 Å². The van der Waals surface area contributed by atoms with Gasteiger partial charge in [-0.05, 0) is 50.3 Å². The summed E-state index contributed by atoms with van der Waals surface area (Å²) in [6.07, 6.45) is 2.53. The van der Waals surface area contributed by atoms with Crippen molar-refractivity contribution in [2.24, 2.45) is 0 Å². The number of ether oxygens (including phenoxy) is 2. The second-order valence-corrected chi connectivity index (χ2v) is 8.61. The van der Waals surface area contributed by atoms with E-state index in [4.69, 9.17) is 9.47 Å². The molecule has 4 rings (SSSR count). The molecule has 0 unspecified atom stereocenters. The van der Waals surface area contributed by atoms with Gasteiger partial charge in [-0.25, -0.2) is 9.59 Å². The number of fused-ring (bicyclic) bond motifs is 2. The fourth-order valence-corrected chi connectivity index (χ4v) is 4.94. The summed E-state index contributed by atoms with van der Waals surface area (Å²) in [6.45, 7) is 3.20. The molecular weight excluding hydrogens is 416 g/mol. The van der Waals surface area contributed by atoms with Gasteiger partial charge in [-0.2, -0.15) is 0 Å². The maximum atomic E-state index is 13.0. The first-order valence-electron chi connectivity index (χ1n) is 9.96. The van der Waals surface area contributed by atoms with E-state index in [1.165, 1.54) is 18.4 Å². The van der Waals surface area contributed by atoms with Crippen molar-refractivity contribution in [1.82, 2.24) is 4.98 Å². The number of thiophene rings is 1. The predicted octanol–water partition coefficient (Wildman–Crippen LogP) is 3.98. The minimum absolute atomic E-state index is 0.322. The van der Waals surface area contributed by atoms with E-state index in [9.17, 15) is 14.4 Å². The number of hydrogen-bond donors (Lipinski definition) is 1. The van der Waals surface area contributed by atoms with Crippen LogP contribution in [0.4, 0.5) is 5.00 Å². The number of anilines is 1. The number of benzene rings is 1. The van der Waals surface area contributed by atoms with Gasteiger partial charge in [0.2, 0.25) is 0 Å². The molecule has 7 nitrogen and oxygen atoms in total. The van der Waals surface area contributed by atoms with Gasteiger partial charge in [-0.3, -0.25) is 9.78 Å². The third-order valence-corrected chi connectivity index (χ3v) is 6.61. The Hall–Kier alpha value is -3.26. The van der Waals surface area contributed by atoms with Crippen LogP contribution in [0.15, 0.2) is 24.3 Å². The monoisotopic (exact) mass is 438 g/mol. The second kappa shape index (κ2) is 8.47. The number of hydrogen-bond acceptors (Lipinski definition) is 7. The number of para-hydroxylation sites is 1. The number of nitrogens with zero attached hydrogens (tertiary/aromatic N) is 1. The molecule has 3 aromatic rings. The Labute approximate surface area is 183 Å². The van der Waals surface area contributed by atoms with Gasteiger partial charge in [0.25, 0.3) is 5.91 Å². The Morgan fingerprint density at radius 1 is 1.10 bits per heavy atom. The van der Waals surface area contributed by atoms with E-state index < -0.39 is 24.5 Å². The van der Waals surface area contributed by atoms with E-state index in [-0.39, 0.29) is 0 Å². The van der Waals surface area contributed by atoms with Crippen LogP contribution in [0.3, 0.4) is 0 Å². The normalized spacial score (nSPS) is 12.5. The molecule has 31 heavy (non-hydrogen) atoms. The van der Waals surface area contributed by atoms with Gasteiger partial charge in [0.15, 0.2) is 6.61 Å². The molecule has 160 valence electrons. The number of amides is 1. The lowest BCUT2D eigenvalue weighted by atomic mass is 10.0. The molecule has 1 N–H and O–H groups in total. The van der Waals surface area contributed by atoms with Crippen LogP contribution in [-0.2, 0) is 27.1 Å². The van der Waals surface area contributed by atoms with Crippen molar-refractivity contribution in [3.63, 3.8) is 0 Å². The number of rotatable bonds is 5. The molecule has 0 bridgehead atoms.